The summed E-state index contributed by atoms with van der Waals surface area (Å²) in [4.78, 5) is 13.8. The average Bonchev–Trinajstić information content (AvgIpc) is 3.22. The number of rotatable bonds is 6. The Balaban J connectivity index is 1.84. The molecule has 1 aromatic carbocycles. The van der Waals surface area contributed by atoms with Crippen molar-refractivity contribution < 1.29 is 14.6 Å². The summed E-state index contributed by atoms with van der Waals surface area (Å²) in [5, 5.41) is 8.92. The van der Waals surface area contributed by atoms with Gasteiger partial charge in [0.1, 0.15) is 5.75 Å². The van der Waals surface area contributed by atoms with Crippen LogP contribution in [0.25, 0.3) is 0 Å². The largest absolute Gasteiger partial charge is 0.484 e. The van der Waals surface area contributed by atoms with E-state index >= 15 is 0 Å². The van der Waals surface area contributed by atoms with E-state index in [2.05, 4.69) is 0 Å². The van der Waals surface area contributed by atoms with E-state index in [-0.39, 0.29) is 19.1 Å². The maximum absolute atomic E-state index is 11.9. The highest BCUT2D eigenvalue weighted by molar-refractivity contribution is 5.78. The van der Waals surface area contributed by atoms with E-state index in [1.54, 1.807) is 24.3 Å². The van der Waals surface area contributed by atoms with Gasteiger partial charge in [-0.15, -0.1) is 0 Å². The van der Waals surface area contributed by atoms with Gasteiger partial charge < -0.3 is 14.7 Å². The number of hydrogen-bond acceptors (Lipinski definition) is 3. The fourth-order valence-corrected chi connectivity index (χ4v) is 1.94. The molecule has 2 rings (SSSR count). The summed E-state index contributed by atoms with van der Waals surface area (Å²) in [6, 6.07) is 7.55. The van der Waals surface area contributed by atoms with Crippen LogP contribution in [-0.4, -0.2) is 35.1 Å². The van der Waals surface area contributed by atoms with Gasteiger partial charge in [-0.05, 0) is 37.5 Å². The number of amides is 1. The molecule has 1 N–H and O–H groups in total. The maximum atomic E-state index is 11.9. The first-order chi connectivity index (χ1) is 8.74. The molecule has 0 aliphatic heterocycles. The van der Waals surface area contributed by atoms with Gasteiger partial charge in [-0.1, -0.05) is 12.1 Å². The van der Waals surface area contributed by atoms with Gasteiger partial charge in [0, 0.05) is 12.6 Å². The highest BCUT2D eigenvalue weighted by Gasteiger charge is 2.31. The van der Waals surface area contributed by atoms with Crippen molar-refractivity contribution in [1.29, 1.82) is 0 Å². The van der Waals surface area contributed by atoms with E-state index in [1.165, 1.54) is 0 Å². The highest BCUT2D eigenvalue weighted by Crippen LogP contribution is 2.26. The quantitative estimate of drug-likeness (QED) is 0.832. The molecule has 4 heteroatoms. The van der Waals surface area contributed by atoms with Gasteiger partial charge in [-0.25, -0.2) is 0 Å². The molecular formula is C14H19NO3. The van der Waals surface area contributed by atoms with Crippen molar-refractivity contribution in [2.75, 3.05) is 13.2 Å². The first kappa shape index (κ1) is 12.9. The van der Waals surface area contributed by atoms with Crippen LogP contribution in [0.3, 0.4) is 0 Å². The number of aliphatic hydroxyl groups is 1. The Labute approximate surface area is 107 Å². The van der Waals surface area contributed by atoms with Crippen LogP contribution in [0.5, 0.6) is 5.75 Å². The Bertz CT molecular complexity index is 398. The van der Waals surface area contributed by atoms with Crippen molar-refractivity contribution in [3.8, 4) is 5.75 Å². The van der Waals surface area contributed by atoms with Crippen molar-refractivity contribution in [2.45, 2.75) is 32.4 Å². The molecule has 0 radical (unpaired) electrons. The summed E-state index contributed by atoms with van der Waals surface area (Å²) < 4.78 is 5.46. The molecule has 1 saturated carbocycles. The van der Waals surface area contributed by atoms with Crippen LogP contribution < -0.4 is 4.74 Å². The van der Waals surface area contributed by atoms with Gasteiger partial charge in [0.25, 0.3) is 5.91 Å². The van der Waals surface area contributed by atoms with E-state index in [9.17, 15) is 4.79 Å². The number of likely N-dealkylation sites (N-methyl/N-ethyl adjacent to an activating group) is 1. The normalized spacial score (nSPS) is 14.3. The summed E-state index contributed by atoms with van der Waals surface area (Å²) in [6.45, 7) is 2.84. The molecule has 0 heterocycles. The monoisotopic (exact) mass is 249 g/mol. The fourth-order valence-electron chi connectivity index (χ4n) is 1.94. The lowest BCUT2D eigenvalue weighted by atomic mass is 10.2. The highest BCUT2D eigenvalue weighted by atomic mass is 16.5. The molecule has 18 heavy (non-hydrogen) atoms. The molecule has 0 saturated heterocycles. The van der Waals surface area contributed by atoms with Gasteiger partial charge in [0.15, 0.2) is 6.61 Å². The van der Waals surface area contributed by atoms with Crippen LogP contribution in [0.2, 0.25) is 0 Å². The second-order valence-corrected chi connectivity index (χ2v) is 4.50. The SMILES string of the molecule is CCN(C(=O)COc1ccc(CO)cc1)C1CC1. The zero-order valence-corrected chi connectivity index (χ0v) is 10.6. The minimum atomic E-state index is 0.0184. The van der Waals surface area contributed by atoms with Gasteiger partial charge >= 0.3 is 0 Å². The van der Waals surface area contributed by atoms with Crippen LogP contribution >= 0.6 is 0 Å². The first-order valence-electron chi connectivity index (χ1n) is 6.36. The average molecular weight is 249 g/mol. The molecule has 1 aromatic rings. The first-order valence-corrected chi connectivity index (χ1v) is 6.36. The molecule has 1 fully saturated rings. The van der Waals surface area contributed by atoms with E-state index in [0.29, 0.717) is 11.8 Å². The lowest BCUT2D eigenvalue weighted by Gasteiger charge is -2.20. The molecule has 0 aromatic heterocycles. The Morgan fingerprint density at radius 2 is 2.06 bits per heavy atom. The van der Waals surface area contributed by atoms with Crippen LogP contribution in [0.15, 0.2) is 24.3 Å². The smallest absolute Gasteiger partial charge is 0.260 e. The molecule has 0 bridgehead atoms. The minimum absolute atomic E-state index is 0.0184. The second-order valence-electron chi connectivity index (χ2n) is 4.50. The zero-order valence-electron chi connectivity index (χ0n) is 10.6. The lowest BCUT2D eigenvalue weighted by Crippen LogP contribution is -2.36. The number of benzene rings is 1. The van der Waals surface area contributed by atoms with E-state index in [0.717, 1.165) is 24.9 Å². The van der Waals surface area contributed by atoms with Crippen LogP contribution in [0.1, 0.15) is 25.3 Å². The number of aliphatic hydroxyl groups excluding tert-OH is 1. The number of ether oxygens (including phenoxy) is 1. The van der Waals surface area contributed by atoms with Gasteiger partial charge in [-0.3, -0.25) is 4.79 Å². The standard InChI is InChI=1S/C14H19NO3/c1-2-15(12-5-6-12)14(17)10-18-13-7-3-11(9-16)4-8-13/h3-4,7-8,12,16H,2,5-6,9-10H2,1H3. The summed E-state index contributed by atoms with van der Waals surface area (Å²) in [5.41, 5.74) is 0.835. The summed E-state index contributed by atoms with van der Waals surface area (Å²) in [5.74, 6) is 0.707. The number of hydrogen-bond donors (Lipinski definition) is 1. The Morgan fingerprint density at radius 3 is 2.56 bits per heavy atom. The lowest BCUT2D eigenvalue weighted by molar-refractivity contribution is -0.133. The Kier molecular flexibility index (Phi) is 4.20. The van der Waals surface area contributed by atoms with Crippen LogP contribution in [0, 0.1) is 0 Å². The van der Waals surface area contributed by atoms with Crippen molar-refractivity contribution in [3.05, 3.63) is 29.8 Å². The third kappa shape index (κ3) is 3.23. The molecule has 0 unspecified atom stereocenters. The molecule has 1 amide bonds. The molecule has 1 aliphatic carbocycles. The third-order valence-corrected chi connectivity index (χ3v) is 3.12. The number of carbonyl (C=O) groups is 1. The van der Waals surface area contributed by atoms with Crippen molar-refractivity contribution >= 4 is 5.91 Å². The molecule has 98 valence electrons. The molecule has 0 spiro atoms. The predicted molar refractivity (Wildman–Crippen MR) is 68.3 cm³/mol. The third-order valence-electron chi connectivity index (χ3n) is 3.12. The Morgan fingerprint density at radius 1 is 1.39 bits per heavy atom. The number of nitrogens with zero attached hydrogens (tertiary/aromatic N) is 1. The molecule has 0 atom stereocenters. The molecule has 1 aliphatic rings. The van der Waals surface area contributed by atoms with E-state index in [4.69, 9.17) is 9.84 Å². The maximum Gasteiger partial charge on any atom is 0.260 e. The number of carbonyl (C=O) groups excluding carboxylic acids is 1. The zero-order chi connectivity index (χ0) is 13.0. The predicted octanol–water partition coefficient (Wildman–Crippen LogP) is 1.57. The molecular weight excluding hydrogens is 230 g/mol. The summed E-state index contributed by atoms with van der Waals surface area (Å²) in [7, 11) is 0. The van der Waals surface area contributed by atoms with Crippen LogP contribution in [0.4, 0.5) is 0 Å². The van der Waals surface area contributed by atoms with Crippen molar-refractivity contribution in [3.63, 3.8) is 0 Å². The Hall–Kier alpha value is -1.55. The minimum Gasteiger partial charge on any atom is -0.484 e. The second kappa shape index (κ2) is 5.87. The van der Waals surface area contributed by atoms with Crippen molar-refractivity contribution in [2.24, 2.45) is 0 Å². The van der Waals surface area contributed by atoms with Crippen LogP contribution in [-0.2, 0) is 11.4 Å². The van der Waals surface area contributed by atoms with E-state index < -0.39 is 0 Å². The summed E-state index contributed by atoms with van der Waals surface area (Å²) in [6.07, 6.45) is 2.23. The molecule has 4 nitrogen and oxygen atoms in total. The van der Waals surface area contributed by atoms with Crippen molar-refractivity contribution in [1.82, 2.24) is 4.90 Å². The van der Waals surface area contributed by atoms with Gasteiger partial charge in [0.2, 0.25) is 0 Å². The fraction of sp³-hybridized carbons (Fsp3) is 0.500. The topological polar surface area (TPSA) is 49.8 Å². The van der Waals surface area contributed by atoms with Gasteiger partial charge in [0.05, 0.1) is 6.61 Å². The van der Waals surface area contributed by atoms with E-state index in [1.807, 2.05) is 11.8 Å². The van der Waals surface area contributed by atoms with Gasteiger partial charge in [-0.2, -0.15) is 0 Å². The summed E-state index contributed by atoms with van der Waals surface area (Å²) >= 11 is 0.